The summed E-state index contributed by atoms with van der Waals surface area (Å²) >= 11 is 0. The maximum Gasteiger partial charge on any atom is 0.271 e. The number of hydrogen-bond donors (Lipinski definition) is 1. The first-order chi connectivity index (χ1) is 13.0. The lowest BCUT2D eigenvalue weighted by atomic mass is 9.97. The zero-order valence-electron chi connectivity index (χ0n) is 15.8. The highest BCUT2D eigenvalue weighted by molar-refractivity contribution is 5.93. The highest BCUT2D eigenvalue weighted by Crippen LogP contribution is 2.28. The van der Waals surface area contributed by atoms with Gasteiger partial charge in [-0.15, -0.1) is 0 Å². The van der Waals surface area contributed by atoms with Gasteiger partial charge in [0, 0.05) is 32.3 Å². The average molecular weight is 368 g/mol. The molecular formula is C19H24N6O2. The van der Waals surface area contributed by atoms with Gasteiger partial charge in [-0.25, -0.2) is 0 Å². The third-order valence-electron chi connectivity index (χ3n) is 5.05. The fourth-order valence-electron chi connectivity index (χ4n) is 3.47. The summed E-state index contributed by atoms with van der Waals surface area (Å²) in [6, 6.07) is 5.74. The molecule has 1 fully saturated rings. The number of nitrogens with zero attached hydrogens (tertiary/aromatic N) is 5. The van der Waals surface area contributed by atoms with Crippen LogP contribution in [-0.2, 0) is 7.05 Å². The van der Waals surface area contributed by atoms with Crippen molar-refractivity contribution in [3.05, 3.63) is 41.8 Å². The molecule has 8 heteroatoms. The molecule has 1 saturated heterocycles. The number of likely N-dealkylation sites (tertiary alicyclic amines) is 1. The Morgan fingerprint density at radius 3 is 2.96 bits per heavy atom. The van der Waals surface area contributed by atoms with Crippen LogP contribution in [0.2, 0.25) is 0 Å². The van der Waals surface area contributed by atoms with Gasteiger partial charge in [-0.3, -0.25) is 9.89 Å². The molecule has 1 atom stereocenters. The number of carbonyl (C=O) groups excluding carboxylic acids is 1. The van der Waals surface area contributed by atoms with Crippen LogP contribution in [0.1, 0.15) is 60.7 Å². The van der Waals surface area contributed by atoms with Crippen LogP contribution in [0.15, 0.2) is 28.9 Å². The van der Waals surface area contributed by atoms with E-state index in [1.807, 2.05) is 54.8 Å². The number of aromatic amines is 1. The minimum Gasteiger partial charge on any atom is -0.349 e. The van der Waals surface area contributed by atoms with Gasteiger partial charge >= 0.3 is 0 Å². The topological polar surface area (TPSA) is 92.8 Å². The Hall–Kier alpha value is -2.90. The van der Waals surface area contributed by atoms with E-state index >= 15 is 0 Å². The van der Waals surface area contributed by atoms with E-state index in [-0.39, 0.29) is 17.7 Å². The van der Waals surface area contributed by atoms with E-state index in [2.05, 4.69) is 20.3 Å². The Kier molecular flexibility index (Phi) is 4.55. The molecule has 0 aromatic carbocycles. The van der Waals surface area contributed by atoms with Gasteiger partial charge in [0.15, 0.2) is 5.82 Å². The van der Waals surface area contributed by atoms with Crippen molar-refractivity contribution in [2.24, 2.45) is 7.05 Å². The second-order valence-electron chi connectivity index (χ2n) is 7.41. The van der Waals surface area contributed by atoms with Gasteiger partial charge in [0.05, 0.1) is 11.6 Å². The average Bonchev–Trinajstić information content (AvgIpc) is 3.41. The van der Waals surface area contributed by atoms with Gasteiger partial charge in [-0.05, 0) is 31.0 Å². The second kappa shape index (κ2) is 7.02. The molecular weight excluding hydrogens is 344 g/mol. The van der Waals surface area contributed by atoms with Crippen molar-refractivity contribution in [1.82, 2.24) is 29.8 Å². The van der Waals surface area contributed by atoms with Crippen LogP contribution in [0.3, 0.4) is 0 Å². The highest BCUT2D eigenvalue weighted by atomic mass is 16.5. The Bertz CT molecular complexity index is 938. The lowest BCUT2D eigenvalue weighted by Gasteiger charge is -2.30. The Balaban J connectivity index is 1.49. The lowest BCUT2D eigenvalue weighted by molar-refractivity contribution is 0.0689. The molecule has 1 aliphatic heterocycles. The van der Waals surface area contributed by atoms with Crippen molar-refractivity contribution in [3.8, 4) is 11.4 Å². The van der Waals surface area contributed by atoms with Crippen LogP contribution >= 0.6 is 0 Å². The second-order valence-corrected chi connectivity index (χ2v) is 7.41. The smallest absolute Gasteiger partial charge is 0.271 e. The summed E-state index contributed by atoms with van der Waals surface area (Å²) in [5.74, 6) is 1.61. The molecule has 1 N–H and O–H groups in total. The fourth-order valence-corrected chi connectivity index (χ4v) is 3.47. The molecule has 3 aromatic heterocycles. The monoisotopic (exact) mass is 368 g/mol. The molecule has 8 nitrogen and oxygen atoms in total. The van der Waals surface area contributed by atoms with Crippen LogP contribution in [0.5, 0.6) is 0 Å². The quantitative estimate of drug-likeness (QED) is 0.764. The minimum atomic E-state index is -0.0451. The van der Waals surface area contributed by atoms with E-state index in [0.29, 0.717) is 24.0 Å². The SMILES string of the molecule is CC(C)c1noc([C@H]2CCCN(C(=O)c3cc(-c4cccn4C)n[nH]3)C2)n1. The first-order valence-electron chi connectivity index (χ1n) is 9.33. The third-order valence-corrected chi connectivity index (χ3v) is 5.05. The van der Waals surface area contributed by atoms with Crippen LogP contribution in [0, 0.1) is 0 Å². The van der Waals surface area contributed by atoms with E-state index in [1.54, 1.807) is 0 Å². The van der Waals surface area contributed by atoms with Crippen molar-refractivity contribution in [1.29, 1.82) is 0 Å². The zero-order valence-corrected chi connectivity index (χ0v) is 15.8. The number of H-pyrrole nitrogens is 1. The summed E-state index contributed by atoms with van der Waals surface area (Å²) in [5, 5.41) is 11.2. The molecule has 1 amide bonds. The summed E-state index contributed by atoms with van der Waals surface area (Å²) in [6.45, 7) is 5.37. The van der Waals surface area contributed by atoms with E-state index in [9.17, 15) is 4.79 Å². The van der Waals surface area contributed by atoms with Gasteiger partial charge < -0.3 is 14.0 Å². The first-order valence-corrected chi connectivity index (χ1v) is 9.33. The van der Waals surface area contributed by atoms with Crippen molar-refractivity contribution in [3.63, 3.8) is 0 Å². The van der Waals surface area contributed by atoms with Gasteiger partial charge in [0.2, 0.25) is 5.89 Å². The number of carbonyl (C=O) groups is 1. The van der Waals surface area contributed by atoms with Crippen LogP contribution in [0.4, 0.5) is 0 Å². The Morgan fingerprint density at radius 1 is 1.41 bits per heavy atom. The maximum atomic E-state index is 12.9. The minimum absolute atomic E-state index is 0.0451. The molecule has 0 spiro atoms. The Morgan fingerprint density at radius 2 is 2.26 bits per heavy atom. The molecule has 27 heavy (non-hydrogen) atoms. The van der Waals surface area contributed by atoms with Crippen LogP contribution in [0.25, 0.3) is 11.4 Å². The first kappa shape index (κ1) is 17.5. The molecule has 0 aliphatic carbocycles. The van der Waals surface area contributed by atoms with Gasteiger partial charge in [0.1, 0.15) is 11.4 Å². The van der Waals surface area contributed by atoms with Crippen molar-refractivity contribution < 1.29 is 9.32 Å². The molecule has 3 aromatic rings. The summed E-state index contributed by atoms with van der Waals surface area (Å²) in [5.41, 5.74) is 2.23. The third kappa shape index (κ3) is 3.39. The van der Waals surface area contributed by atoms with E-state index in [4.69, 9.17) is 4.52 Å². The van der Waals surface area contributed by atoms with Crippen LogP contribution < -0.4 is 0 Å². The predicted octanol–water partition coefficient (Wildman–Crippen LogP) is 2.94. The highest BCUT2D eigenvalue weighted by Gasteiger charge is 2.30. The normalized spacial score (nSPS) is 17.6. The molecule has 4 rings (SSSR count). The van der Waals surface area contributed by atoms with Crippen molar-refractivity contribution in [2.75, 3.05) is 13.1 Å². The number of aromatic nitrogens is 5. The van der Waals surface area contributed by atoms with E-state index < -0.39 is 0 Å². The van der Waals surface area contributed by atoms with Crippen LogP contribution in [-0.4, -0.2) is 48.8 Å². The number of piperidine rings is 1. The zero-order chi connectivity index (χ0) is 19.0. The predicted molar refractivity (Wildman–Crippen MR) is 99.3 cm³/mol. The summed E-state index contributed by atoms with van der Waals surface area (Å²) in [4.78, 5) is 19.3. The molecule has 0 unspecified atom stereocenters. The van der Waals surface area contributed by atoms with Gasteiger partial charge in [-0.2, -0.15) is 10.1 Å². The summed E-state index contributed by atoms with van der Waals surface area (Å²) < 4.78 is 7.42. The fraction of sp³-hybridized carbons (Fsp3) is 0.474. The Labute approximate surface area is 157 Å². The van der Waals surface area contributed by atoms with Gasteiger partial charge in [0.25, 0.3) is 5.91 Å². The van der Waals surface area contributed by atoms with E-state index in [0.717, 1.165) is 30.8 Å². The summed E-state index contributed by atoms with van der Waals surface area (Å²) in [6.07, 6.45) is 3.81. The molecule has 0 radical (unpaired) electrons. The summed E-state index contributed by atoms with van der Waals surface area (Å²) in [7, 11) is 1.95. The number of rotatable bonds is 4. The number of amides is 1. The molecule has 1 aliphatic rings. The number of hydrogen-bond acceptors (Lipinski definition) is 5. The molecule has 0 bridgehead atoms. The van der Waals surface area contributed by atoms with E-state index in [1.165, 1.54) is 0 Å². The lowest BCUT2D eigenvalue weighted by Crippen LogP contribution is -2.39. The molecule has 4 heterocycles. The van der Waals surface area contributed by atoms with Gasteiger partial charge in [-0.1, -0.05) is 19.0 Å². The molecule has 0 saturated carbocycles. The maximum absolute atomic E-state index is 12.9. The number of nitrogens with one attached hydrogen (secondary N) is 1. The molecule has 142 valence electrons. The largest absolute Gasteiger partial charge is 0.349 e. The number of aryl methyl sites for hydroxylation is 1. The van der Waals surface area contributed by atoms with Crippen molar-refractivity contribution in [2.45, 2.75) is 38.5 Å². The van der Waals surface area contributed by atoms with Crippen molar-refractivity contribution >= 4 is 5.91 Å². The standard InChI is InChI=1S/C19H24N6O2/c1-12(2)17-20-18(27-23-17)13-6-4-9-25(11-13)19(26)15-10-14(21-22-15)16-7-5-8-24(16)3/h5,7-8,10,12-13H,4,6,9,11H2,1-3H3,(H,21,22)/t13-/m0/s1.